The minimum absolute atomic E-state index is 0.205. The first-order chi connectivity index (χ1) is 13.7. The lowest BCUT2D eigenvalue weighted by Gasteiger charge is -2.22. The number of fused-ring (bicyclic) bond motifs is 1. The lowest BCUT2D eigenvalue weighted by molar-refractivity contribution is 0.0958. The van der Waals surface area contributed by atoms with E-state index in [0.29, 0.717) is 22.5 Å². The number of amides is 1. The van der Waals surface area contributed by atoms with Gasteiger partial charge in [-0.1, -0.05) is 18.2 Å². The van der Waals surface area contributed by atoms with Crippen LogP contribution in [0.15, 0.2) is 82.2 Å². The lowest BCUT2D eigenvalue weighted by Crippen LogP contribution is -2.30. The summed E-state index contributed by atoms with van der Waals surface area (Å²) in [6.45, 7) is 0.205. The first-order valence-corrected chi connectivity index (χ1v) is 8.76. The maximum atomic E-state index is 13.1. The second-order valence-corrected chi connectivity index (χ2v) is 6.27. The van der Waals surface area contributed by atoms with Crippen LogP contribution in [-0.2, 0) is 6.54 Å². The number of carbonyl (C=O) groups excluding carboxylic acids is 1. The zero-order valence-electron chi connectivity index (χ0n) is 15.2. The van der Waals surface area contributed by atoms with Crippen LogP contribution in [0.3, 0.4) is 0 Å². The van der Waals surface area contributed by atoms with Gasteiger partial charge in [0.25, 0.3) is 5.91 Å². The second kappa shape index (κ2) is 7.44. The summed E-state index contributed by atoms with van der Waals surface area (Å²) in [5.41, 5.74) is 1.87. The van der Waals surface area contributed by atoms with Crippen LogP contribution in [0.1, 0.15) is 16.1 Å². The van der Waals surface area contributed by atoms with E-state index in [-0.39, 0.29) is 23.8 Å². The van der Waals surface area contributed by atoms with Crippen LogP contribution in [0.2, 0.25) is 0 Å². The summed E-state index contributed by atoms with van der Waals surface area (Å²) in [6, 6.07) is 19.5. The van der Waals surface area contributed by atoms with Gasteiger partial charge in [0, 0.05) is 22.7 Å². The average Bonchev–Trinajstić information content (AvgIpc) is 3.26. The van der Waals surface area contributed by atoms with Crippen LogP contribution in [0.25, 0.3) is 10.9 Å². The highest BCUT2D eigenvalue weighted by atomic mass is 16.5. The number of carbonyl (C=O) groups is 1. The molecule has 28 heavy (non-hydrogen) atoms. The topological polar surface area (TPSA) is 75.5 Å². The number of ether oxygens (including phenoxy) is 1. The van der Waals surface area contributed by atoms with Crippen molar-refractivity contribution in [3.05, 3.63) is 94.7 Å². The van der Waals surface area contributed by atoms with Crippen molar-refractivity contribution in [2.75, 3.05) is 12.0 Å². The molecule has 0 aliphatic rings. The first kappa shape index (κ1) is 17.6. The zero-order chi connectivity index (χ0) is 19.5. The molecule has 1 N–H and O–H groups in total. The van der Waals surface area contributed by atoms with Gasteiger partial charge in [0.15, 0.2) is 5.76 Å². The van der Waals surface area contributed by atoms with Gasteiger partial charge in [-0.05, 0) is 48.0 Å². The van der Waals surface area contributed by atoms with E-state index in [1.54, 1.807) is 36.3 Å². The van der Waals surface area contributed by atoms with E-state index >= 15 is 0 Å². The molecule has 4 aromatic rings. The van der Waals surface area contributed by atoms with Crippen molar-refractivity contribution >= 4 is 22.5 Å². The summed E-state index contributed by atoms with van der Waals surface area (Å²) in [7, 11) is 1.59. The van der Waals surface area contributed by atoms with E-state index < -0.39 is 0 Å². The molecule has 0 radical (unpaired) electrons. The number of anilines is 1. The normalized spacial score (nSPS) is 10.8. The molecule has 2 aromatic carbocycles. The molecular formula is C22H18N2O4. The van der Waals surface area contributed by atoms with Crippen molar-refractivity contribution in [3.63, 3.8) is 0 Å². The maximum absolute atomic E-state index is 13.1. The molecule has 0 spiro atoms. The maximum Gasteiger partial charge on any atom is 0.294 e. The van der Waals surface area contributed by atoms with E-state index in [1.807, 2.05) is 36.4 Å². The Balaban J connectivity index is 1.83. The molecular weight excluding hydrogens is 356 g/mol. The van der Waals surface area contributed by atoms with Crippen LogP contribution in [-0.4, -0.2) is 18.0 Å². The Morgan fingerprint density at radius 2 is 1.89 bits per heavy atom. The summed E-state index contributed by atoms with van der Waals surface area (Å²) in [4.78, 5) is 29.7. The molecule has 6 heteroatoms. The van der Waals surface area contributed by atoms with Gasteiger partial charge in [-0.2, -0.15) is 0 Å². The van der Waals surface area contributed by atoms with Crippen molar-refractivity contribution in [1.82, 2.24) is 4.98 Å². The molecule has 2 heterocycles. The van der Waals surface area contributed by atoms with Gasteiger partial charge >= 0.3 is 0 Å². The standard InChI is InChI=1S/C22H18N2O4/c1-27-17-9-10-19-18(13-17)15(12-21(25)23-19)14-24(16-6-3-2-4-7-16)22(26)20-8-5-11-28-20/h2-13H,14H2,1H3,(H,23,25). The highest BCUT2D eigenvalue weighted by Gasteiger charge is 2.21. The van der Waals surface area contributed by atoms with Gasteiger partial charge in [0.2, 0.25) is 5.56 Å². The van der Waals surface area contributed by atoms with Crippen LogP contribution in [0.4, 0.5) is 5.69 Å². The summed E-state index contributed by atoms with van der Waals surface area (Å²) in [5.74, 6) is 0.618. The summed E-state index contributed by atoms with van der Waals surface area (Å²) in [6.07, 6.45) is 1.46. The Hall–Kier alpha value is -3.80. The number of aromatic amines is 1. The molecule has 140 valence electrons. The van der Waals surface area contributed by atoms with Gasteiger partial charge in [-0.25, -0.2) is 0 Å². The van der Waals surface area contributed by atoms with E-state index in [0.717, 1.165) is 5.39 Å². The van der Waals surface area contributed by atoms with E-state index in [9.17, 15) is 9.59 Å². The largest absolute Gasteiger partial charge is 0.497 e. The smallest absolute Gasteiger partial charge is 0.294 e. The molecule has 0 aliphatic carbocycles. The highest BCUT2D eigenvalue weighted by Crippen LogP contribution is 2.25. The highest BCUT2D eigenvalue weighted by molar-refractivity contribution is 6.04. The Labute approximate surface area is 161 Å². The fourth-order valence-corrected chi connectivity index (χ4v) is 3.15. The summed E-state index contributed by atoms with van der Waals surface area (Å²) >= 11 is 0. The van der Waals surface area contributed by atoms with Crippen molar-refractivity contribution in [2.24, 2.45) is 0 Å². The quantitative estimate of drug-likeness (QED) is 0.573. The third-order valence-electron chi connectivity index (χ3n) is 4.51. The number of furan rings is 1. The predicted molar refractivity (Wildman–Crippen MR) is 107 cm³/mol. The monoisotopic (exact) mass is 374 g/mol. The number of nitrogens with one attached hydrogen (secondary N) is 1. The molecule has 2 aromatic heterocycles. The molecule has 0 aliphatic heterocycles. The molecule has 0 atom stereocenters. The number of rotatable bonds is 5. The lowest BCUT2D eigenvalue weighted by atomic mass is 10.1. The third-order valence-corrected chi connectivity index (χ3v) is 4.51. The van der Waals surface area contributed by atoms with Gasteiger partial charge < -0.3 is 19.0 Å². The Bertz CT molecular complexity index is 1160. The van der Waals surface area contributed by atoms with Gasteiger partial charge in [-0.3, -0.25) is 9.59 Å². The number of hydrogen-bond acceptors (Lipinski definition) is 4. The van der Waals surface area contributed by atoms with Crippen LogP contribution in [0, 0.1) is 0 Å². The minimum Gasteiger partial charge on any atom is -0.497 e. The minimum atomic E-state index is -0.285. The van der Waals surface area contributed by atoms with Gasteiger partial charge in [0.1, 0.15) is 5.75 Å². The van der Waals surface area contributed by atoms with Gasteiger partial charge in [-0.15, -0.1) is 0 Å². The molecule has 0 bridgehead atoms. The second-order valence-electron chi connectivity index (χ2n) is 6.27. The summed E-state index contributed by atoms with van der Waals surface area (Å²) < 4.78 is 10.6. The molecule has 4 rings (SSSR count). The van der Waals surface area contributed by atoms with Crippen LogP contribution in [0.5, 0.6) is 5.75 Å². The van der Waals surface area contributed by atoms with Crippen LogP contribution >= 0.6 is 0 Å². The van der Waals surface area contributed by atoms with Crippen molar-refractivity contribution in [2.45, 2.75) is 6.54 Å². The fourth-order valence-electron chi connectivity index (χ4n) is 3.15. The third kappa shape index (κ3) is 3.40. The summed E-state index contributed by atoms with van der Waals surface area (Å²) in [5, 5.41) is 0.812. The number of pyridine rings is 1. The number of para-hydroxylation sites is 1. The number of H-pyrrole nitrogens is 1. The first-order valence-electron chi connectivity index (χ1n) is 8.76. The molecule has 0 saturated carbocycles. The number of aromatic nitrogens is 1. The van der Waals surface area contributed by atoms with E-state index in [2.05, 4.69) is 4.98 Å². The van der Waals surface area contributed by atoms with E-state index in [4.69, 9.17) is 9.15 Å². The van der Waals surface area contributed by atoms with E-state index in [1.165, 1.54) is 12.3 Å². The Morgan fingerprint density at radius 1 is 1.07 bits per heavy atom. The molecule has 0 fully saturated rings. The molecule has 1 amide bonds. The zero-order valence-corrected chi connectivity index (χ0v) is 15.2. The molecule has 0 unspecified atom stereocenters. The molecule has 0 saturated heterocycles. The number of hydrogen-bond donors (Lipinski definition) is 1. The Morgan fingerprint density at radius 3 is 2.61 bits per heavy atom. The SMILES string of the molecule is COc1ccc2[nH]c(=O)cc(CN(C(=O)c3ccco3)c3ccccc3)c2c1. The van der Waals surface area contributed by atoms with Crippen molar-refractivity contribution in [1.29, 1.82) is 0 Å². The number of nitrogens with zero attached hydrogens (tertiary/aromatic N) is 1. The number of methoxy groups -OCH3 is 1. The predicted octanol–water partition coefficient (Wildman–Crippen LogP) is 3.98. The number of benzene rings is 2. The Kier molecular flexibility index (Phi) is 4.68. The van der Waals surface area contributed by atoms with Crippen molar-refractivity contribution < 1.29 is 13.9 Å². The van der Waals surface area contributed by atoms with Crippen molar-refractivity contribution in [3.8, 4) is 5.75 Å². The fraction of sp³-hybridized carbons (Fsp3) is 0.0909. The average molecular weight is 374 g/mol. The van der Waals surface area contributed by atoms with Crippen LogP contribution < -0.4 is 15.2 Å². The van der Waals surface area contributed by atoms with Gasteiger partial charge in [0.05, 0.1) is 19.9 Å². The molecule has 6 nitrogen and oxygen atoms in total.